The van der Waals surface area contributed by atoms with E-state index < -0.39 is 6.04 Å². The fraction of sp³-hybridized carbons (Fsp3) is 0.174. The molecule has 0 fully saturated rings. The first-order chi connectivity index (χ1) is 14.0. The molecule has 0 aliphatic carbocycles. The van der Waals surface area contributed by atoms with Crippen molar-refractivity contribution in [3.8, 4) is 5.75 Å². The number of aromatic hydroxyl groups is 1. The maximum atomic E-state index is 13.1. The second-order valence-electron chi connectivity index (χ2n) is 7.03. The summed E-state index contributed by atoms with van der Waals surface area (Å²) in [6.07, 6.45) is 0.720. The van der Waals surface area contributed by atoms with Gasteiger partial charge >= 0.3 is 6.03 Å². The van der Waals surface area contributed by atoms with Crippen molar-refractivity contribution < 1.29 is 14.3 Å². The predicted octanol–water partition coefficient (Wildman–Crippen LogP) is 5.04. The molecule has 29 heavy (non-hydrogen) atoms. The van der Waals surface area contributed by atoms with Crippen LogP contribution in [0.15, 0.2) is 66.7 Å². The summed E-state index contributed by atoms with van der Waals surface area (Å²) in [4.78, 5) is 14.8. The van der Waals surface area contributed by atoms with Crippen molar-refractivity contribution in [3.05, 3.63) is 99.8 Å². The van der Waals surface area contributed by atoms with Gasteiger partial charge in [-0.2, -0.15) is 0 Å². The molecule has 0 radical (unpaired) electrons. The van der Waals surface area contributed by atoms with E-state index in [1.54, 1.807) is 35.2 Å². The molecular formula is C23H20ClFN2O2. The molecule has 0 spiro atoms. The fourth-order valence-corrected chi connectivity index (χ4v) is 3.93. The van der Waals surface area contributed by atoms with E-state index in [9.17, 15) is 14.3 Å². The summed E-state index contributed by atoms with van der Waals surface area (Å²) < 4.78 is 13.1. The molecule has 4 rings (SSSR count). The Balaban J connectivity index is 1.65. The van der Waals surface area contributed by atoms with E-state index >= 15 is 0 Å². The van der Waals surface area contributed by atoms with Crippen LogP contribution in [0.1, 0.15) is 28.3 Å². The molecule has 1 heterocycles. The smallest absolute Gasteiger partial charge is 0.318 e. The maximum absolute atomic E-state index is 13.1. The molecule has 2 N–H and O–H groups in total. The Morgan fingerprint density at radius 2 is 1.86 bits per heavy atom. The second-order valence-corrected chi connectivity index (χ2v) is 7.47. The van der Waals surface area contributed by atoms with E-state index in [0.717, 1.165) is 23.1 Å². The van der Waals surface area contributed by atoms with Crippen LogP contribution in [-0.2, 0) is 13.0 Å². The molecule has 6 heteroatoms. The van der Waals surface area contributed by atoms with Gasteiger partial charge in [0, 0.05) is 23.7 Å². The molecule has 1 atom stereocenters. The van der Waals surface area contributed by atoms with Crippen molar-refractivity contribution in [2.45, 2.75) is 19.0 Å². The quantitative estimate of drug-likeness (QED) is 0.635. The van der Waals surface area contributed by atoms with Crippen molar-refractivity contribution in [2.75, 3.05) is 6.54 Å². The van der Waals surface area contributed by atoms with Crippen LogP contribution in [0, 0.1) is 5.82 Å². The molecule has 0 saturated carbocycles. The Morgan fingerprint density at radius 3 is 2.66 bits per heavy atom. The van der Waals surface area contributed by atoms with E-state index in [1.165, 1.54) is 12.1 Å². The van der Waals surface area contributed by atoms with Crippen molar-refractivity contribution in [2.24, 2.45) is 0 Å². The number of benzene rings is 3. The number of nitrogens with zero attached hydrogens (tertiary/aromatic N) is 1. The van der Waals surface area contributed by atoms with Crippen LogP contribution in [0.5, 0.6) is 5.75 Å². The average molecular weight is 411 g/mol. The number of hydrogen-bond acceptors (Lipinski definition) is 2. The summed E-state index contributed by atoms with van der Waals surface area (Å²) in [5.41, 5.74) is 3.49. The number of hydrogen-bond donors (Lipinski definition) is 2. The molecule has 3 aromatic rings. The lowest BCUT2D eigenvalue weighted by atomic mass is 9.88. The Morgan fingerprint density at radius 1 is 1.10 bits per heavy atom. The Bertz CT molecular complexity index is 1040. The van der Waals surface area contributed by atoms with E-state index in [0.29, 0.717) is 17.1 Å². The number of carbonyl (C=O) groups excluding carboxylic acids is 1. The number of rotatable bonds is 3. The molecule has 1 unspecified atom stereocenters. The fourth-order valence-electron chi connectivity index (χ4n) is 3.75. The number of nitrogens with one attached hydrogen (secondary N) is 1. The molecule has 3 aromatic carbocycles. The van der Waals surface area contributed by atoms with Gasteiger partial charge in [0.05, 0.1) is 6.04 Å². The molecule has 4 nitrogen and oxygen atoms in total. The average Bonchev–Trinajstić information content (AvgIpc) is 2.74. The Labute approximate surface area is 173 Å². The zero-order valence-electron chi connectivity index (χ0n) is 15.6. The number of urea groups is 1. The molecule has 0 bridgehead atoms. The van der Waals surface area contributed by atoms with Gasteiger partial charge in [0.15, 0.2) is 0 Å². The highest BCUT2D eigenvalue weighted by molar-refractivity contribution is 6.30. The van der Waals surface area contributed by atoms with Gasteiger partial charge in [-0.25, -0.2) is 9.18 Å². The first-order valence-corrected chi connectivity index (χ1v) is 9.76. The van der Waals surface area contributed by atoms with Crippen LogP contribution in [0.2, 0.25) is 5.02 Å². The lowest BCUT2D eigenvalue weighted by Crippen LogP contribution is -2.45. The highest BCUT2D eigenvalue weighted by Crippen LogP contribution is 2.39. The number of amides is 2. The van der Waals surface area contributed by atoms with Crippen LogP contribution < -0.4 is 5.32 Å². The molecule has 148 valence electrons. The van der Waals surface area contributed by atoms with E-state index in [1.807, 2.05) is 24.3 Å². The molecule has 1 aliphatic heterocycles. The van der Waals surface area contributed by atoms with Gasteiger partial charge in [0.2, 0.25) is 0 Å². The largest absolute Gasteiger partial charge is 0.508 e. The van der Waals surface area contributed by atoms with Gasteiger partial charge in [-0.05, 0) is 53.4 Å². The molecule has 2 amide bonds. The van der Waals surface area contributed by atoms with Crippen LogP contribution in [0.4, 0.5) is 9.18 Å². The molecule has 1 aliphatic rings. The normalized spacial score (nSPS) is 15.7. The van der Waals surface area contributed by atoms with E-state index in [2.05, 4.69) is 5.32 Å². The monoisotopic (exact) mass is 410 g/mol. The Kier molecular flexibility index (Phi) is 5.41. The lowest BCUT2D eigenvalue weighted by Gasteiger charge is -2.38. The highest BCUT2D eigenvalue weighted by atomic mass is 35.5. The predicted molar refractivity (Wildman–Crippen MR) is 110 cm³/mol. The van der Waals surface area contributed by atoms with Crippen molar-refractivity contribution >= 4 is 17.6 Å². The summed E-state index contributed by atoms with van der Waals surface area (Å²) in [7, 11) is 0. The third-order valence-electron chi connectivity index (χ3n) is 5.19. The number of phenolic OH excluding ortho intramolecular Hbond substituents is 1. The molecular weight excluding hydrogens is 391 g/mol. The third kappa shape index (κ3) is 4.05. The lowest BCUT2D eigenvalue weighted by molar-refractivity contribution is 0.179. The van der Waals surface area contributed by atoms with Crippen LogP contribution in [0.25, 0.3) is 0 Å². The van der Waals surface area contributed by atoms with Gasteiger partial charge in [-0.1, -0.05) is 48.0 Å². The molecule has 0 saturated heterocycles. The first-order valence-electron chi connectivity index (χ1n) is 9.38. The first kappa shape index (κ1) is 19.3. The van der Waals surface area contributed by atoms with Gasteiger partial charge < -0.3 is 15.3 Å². The van der Waals surface area contributed by atoms with Crippen molar-refractivity contribution in [3.63, 3.8) is 0 Å². The van der Waals surface area contributed by atoms with E-state index in [4.69, 9.17) is 11.6 Å². The minimum Gasteiger partial charge on any atom is -0.508 e. The summed E-state index contributed by atoms with van der Waals surface area (Å²) >= 11 is 6.18. The minimum atomic E-state index is -0.452. The van der Waals surface area contributed by atoms with Crippen LogP contribution >= 0.6 is 11.6 Å². The minimum absolute atomic E-state index is 0.0902. The SMILES string of the molecule is O=C(NCc1ccc(F)cc1)N1CCc2ccccc2C1c1cc(Cl)ccc1O. The summed E-state index contributed by atoms with van der Waals surface area (Å²) in [6, 6.07) is 18.1. The number of carbonyl (C=O) groups is 1. The zero-order valence-corrected chi connectivity index (χ0v) is 16.4. The van der Waals surface area contributed by atoms with Gasteiger partial charge in [0.1, 0.15) is 11.6 Å². The third-order valence-corrected chi connectivity index (χ3v) is 5.42. The van der Waals surface area contributed by atoms with Crippen LogP contribution in [-0.4, -0.2) is 22.6 Å². The highest BCUT2D eigenvalue weighted by Gasteiger charge is 2.33. The summed E-state index contributed by atoms with van der Waals surface area (Å²) in [5, 5.41) is 13.9. The van der Waals surface area contributed by atoms with E-state index in [-0.39, 0.29) is 24.1 Å². The number of halogens is 2. The number of fused-ring (bicyclic) bond motifs is 1. The summed E-state index contributed by atoms with van der Waals surface area (Å²) in [5.74, 6) is -0.225. The second kappa shape index (κ2) is 8.13. The van der Waals surface area contributed by atoms with Crippen molar-refractivity contribution in [1.29, 1.82) is 0 Å². The Hall–Kier alpha value is -3.05. The molecule has 0 aromatic heterocycles. The van der Waals surface area contributed by atoms with Gasteiger partial charge in [-0.15, -0.1) is 0 Å². The maximum Gasteiger partial charge on any atom is 0.318 e. The van der Waals surface area contributed by atoms with Crippen molar-refractivity contribution in [1.82, 2.24) is 10.2 Å². The summed E-state index contributed by atoms with van der Waals surface area (Å²) in [6.45, 7) is 0.786. The van der Waals surface area contributed by atoms with Gasteiger partial charge in [0.25, 0.3) is 0 Å². The number of phenols is 1. The standard InChI is InChI=1S/C23H20ClFN2O2/c24-17-7-10-21(28)20(13-17)22-19-4-2-1-3-16(19)11-12-27(22)23(29)26-14-15-5-8-18(25)9-6-15/h1-10,13,22,28H,11-12,14H2,(H,26,29). The zero-order chi connectivity index (χ0) is 20.4. The topological polar surface area (TPSA) is 52.6 Å². The van der Waals surface area contributed by atoms with Gasteiger partial charge in [-0.3, -0.25) is 0 Å². The van der Waals surface area contributed by atoms with Crippen LogP contribution in [0.3, 0.4) is 0 Å².